The standard InChI is InChI=1S/C15H22ClFN2O3S/c1-6-22-12(20)9-15(5,19-23(21)14(2,3)4)13-10(17)7-8-11(16)18-13/h7-8,19H,6,9H2,1-5H3/t15-,23+/m0/s1. The molecule has 0 spiro atoms. The third kappa shape index (κ3) is 5.60. The molecular weight excluding hydrogens is 343 g/mol. The molecule has 0 aliphatic heterocycles. The highest BCUT2D eigenvalue weighted by Gasteiger charge is 2.42. The van der Waals surface area contributed by atoms with Crippen molar-refractivity contribution < 1.29 is 18.5 Å². The van der Waals surface area contributed by atoms with Crippen LogP contribution in [0.15, 0.2) is 12.1 Å². The van der Waals surface area contributed by atoms with Crippen LogP contribution in [0.5, 0.6) is 0 Å². The number of halogens is 2. The van der Waals surface area contributed by atoms with E-state index in [0.29, 0.717) is 0 Å². The largest absolute Gasteiger partial charge is 0.598 e. The van der Waals surface area contributed by atoms with Gasteiger partial charge in [0.15, 0.2) is 0 Å². The molecule has 0 unspecified atom stereocenters. The van der Waals surface area contributed by atoms with Crippen LogP contribution in [0.3, 0.4) is 0 Å². The van der Waals surface area contributed by atoms with E-state index in [-0.39, 0.29) is 23.9 Å². The first-order valence-corrected chi connectivity index (χ1v) is 8.70. The Morgan fingerprint density at radius 2 is 2.04 bits per heavy atom. The number of nitrogens with zero attached hydrogens (tertiary/aromatic N) is 1. The molecule has 0 aliphatic rings. The maximum atomic E-state index is 14.2. The van der Waals surface area contributed by atoms with Crippen molar-refractivity contribution in [2.75, 3.05) is 6.61 Å². The van der Waals surface area contributed by atoms with Crippen LogP contribution >= 0.6 is 11.6 Å². The highest BCUT2D eigenvalue weighted by Crippen LogP contribution is 2.30. The first kappa shape index (κ1) is 20.2. The van der Waals surface area contributed by atoms with Gasteiger partial charge in [-0.15, -0.1) is 4.72 Å². The molecule has 130 valence electrons. The van der Waals surface area contributed by atoms with Gasteiger partial charge in [0.1, 0.15) is 27.0 Å². The van der Waals surface area contributed by atoms with Crippen molar-refractivity contribution in [2.24, 2.45) is 0 Å². The van der Waals surface area contributed by atoms with E-state index in [1.165, 1.54) is 6.07 Å². The van der Waals surface area contributed by atoms with E-state index in [9.17, 15) is 13.7 Å². The summed E-state index contributed by atoms with van der Waals surface area (Å²) >= 11 is 4.30. The minimum atomic E-state index is -1.55. The lowest BCUT2D eigenvalue weighted by Crippen LogP contribution is -2.51. The molecule has 0 radical (unpaired) electrons. The van der Waals surface area contributed by atoms with Gasteiger partial charge in [-0.25, -0.2) is 9.37 Å². The van der Waals surface area contributed by atoms with Gasteiger partial charge >= 0.3 is 5.97 Å². The van der Waals surface area contributed by atoms with E-state index in [1.807, 2.05) is 0 Å². The number of nitrogens with one attached hydrogen (secondary N) is 1. The van der Waals surface area contributed by atoms with Gasteiger partial charge in [0.05, 0.1) is 13.0 Å². The molecule has 0 fully saturated rings. The lowest BCUT2D eigenvalue weighted by atomic mass is 9.94. The second kappa shape index (κ2) is 7.79. The van der Waals surface area contributed by atoms with Crippen LogP contribution in [-0.4, -0.2) is 26.9 Å². The lowest BCUT2D eigenvalue weighted by molar-refractivity contribution is -0.144. The van der Waals surface area contributed by atoms with Crippen molar-refractivity contribution in [1.82, 2.24) is 9.71 Å². The van der Waals surface area contributed by atoms with Gasteiger partial charge in [-0.05, 0) is 46.8 Å². The Morgan fingerprint density at radius 3 is 2.57 bits per heavy atom. The summed E-state index contributed by atoms with van der Waals surface area (Å²) in [5, 5.41) is 0.0832. The minimum Gasteiger partial charge on any atom is -0.598 e. The number of pyridine rings is 1. The molecule has 0 aromatic carbocycles. The first-order chi connectivity index (χ1) is 10.5. The average molecular weight is 365 g/mol. The van der Waals surface area contributed by atoms with Crippen molar-refractivity contribution in [3.8, 4) is 0 Å². The molecule has 8 heteroatoms. The zero-order chi connectivity index (χ0) is 17.8. The molecule has 1 aromatic heterocycles. The van der Waals surface area contributed by atoms with Crippen molar-refractivity contribution >= 4 is 28.9 Å². The first-order valence-electron chi connectivity index (χ1n) is 7.17. The van der Waals surface area contributed by atoms with E-state index in [2.05, 4.69) is 9.71 Å². The Labute approximate surface area is 144 Å². The normalized spacial score (nSPS) is 15.8. The minimum absolute atomic E-state index is 0.0735. The Kier molecular flexibility index (Phi) is 6.82. The zero-order valence-electron chi connectivity index (χ0n) is 13.9. The lowest BCUT2D eigenvalue weighted by Gasteiger charge is -2.34. The smallest absolute Gasteiger partial charge is 0.308 e. The summed E-state index contributed by atoms with van der Waals surface area (Å²) in [6.07, 6.45) is -0.229. The number of aromatic nitrogens is 1. The van der Waals surface area contributed by atoms with Crippen molar-refractivity contribution in [1.29, 1.82) is 0 Å². The van der Waals surface area contributed by atoms with Crippen molar-refractivity contribution in [2.45, 2.75) is 51.3 Å². The predicted octanol–water partition coefficient (Wildman–Crippen LogP) is 3.09. The van der Waals surface area contributed by atoms with Gasteiger partial charge < -0.3 is 9.29 Å². The molecule has 1 aromatic rings. The third-order valence-corrected chi connectivity index (χ3v) is 4.97. The summed E-state index contributed by atoms with van der Waals surface area (Å²) in [5.74, 6) is -1.19. The molecule has 0 saturated carbocycles. The number of hydrogen-bond acceptors (Lipinski definition) is 5. The van der Waals surface area contributed by atoms with Crippen LogP contribution in [0, 0.1) is 5.82 Å². The van der Waals surface area contributed by atoms with Gasteiger partial charge in [-0.3, -0.25) is 4.79 Å². The second-order valence-corrected chi connectivity index (χ2v) is 8.62. The molecular formula is C15H22ClFN2O3S. The molecule has 0 amide bonds. The highest BCUT2D eigenvalue weighted by atomic mass is 35.5. The SMILES string of the molecule is CCOC(=O)C[C@](C)(N[S@+]([O-])C(C)(C)C)c1nc(Cl)ccc1F. The predicted molar refractivity (Wildman–Crippen MR) is 88.8 cm³/mol. The van der Waals surface area contributed by atoms with E-state index in [0.717, 1.165) is 6.07 Å². The number of rotatable bonds is 6. The molecule has 1 N–H and O–H groups in total. The van der Waals surface area contributed by atoms with E-state index in [4.69, 9.17) is 16.3 Å². The highest BCUT2D eigenvalue weighted by molar-refractivity contribution is 7.90. The Bertz CT molecular complexity index is 568. The van der Waals surface area contributed by atoms with Crippen molar-refractivity contribution in [3.63, 3.8) is 0 Å². The average Bonchev–Trinajstić information content (AvgIpc) is 2.40. The molecule has 23 heavy (non-hydrogen) atoms. The van der Waals surface area contributed by atoms with Gasteiger partial charge in [0.2, 0.25) is 0 Å². The molecule has 0 saturated heterocycles. The summed E-state index contributed by atoms with van der Waals surface area (Å²) < 4.78 is 33.8. The summed E-state index contributed by atoms with van der Waals surface area (Å²) in [4.78, 5) is 15.9. The van der Waals surface area contributed by atoms with Crippen LogP contribution in [0.1, 0.15) is 46.7 Å². The van der Waals surface area contributed by atoms with Crippen LogP contribution < -0.4 is 4.72 Å². The molecule has 0 bridgehead atoms. The summed E-state index contributed by atoms with van der Waals surface area (Å²) in [7, 11) is 0. The summed E-state index contributed by atoms with van der Waals surface area (Å²) in [6, 6.07) is 2.47. The number of hydrogen-bond donors (Lipinski definition) is 1. The van der Waals surface area contributed by atoms with Gasteiger partial charge in [0, 0.05) is 11.4 Å². The molecule has 1 rings (SSSR count). The second-order valence-electron chi connectivity index (χ2n) is 6.26. The molecule has 2 atom stereocenters. The van der Waals surface area contributed by atoms with Gasteiger partial charge in [0.25, 0.3) is 0 Å². The maximum Gasteiger partial charge on any atom is 0.308 e. The fourth-order valence-corrected chi connectivity index (χ4v) is 2.86. The van der Waals surface area contributed by atoms with Crippen LogP contribution in [-0.2, 0) is 26.4 Å². The number of ether oxygens (including phenoxy) is 1. The quantitative estimate of drug-likeness (QED) is 0.477. The van der Waals surface area contributed by atoms with Crippen LogP contribution in [0.4, 0.5) is 4.39 Å². The molecule has 5 nitrogen and oxygen atoms in total. The third-order valence-electron chi connectivity index (χ3n) is 3.01. The van der Waals surface area contributed by atoms with Crippen LogP contribution in [0.25, 0.3) is 0 Å². The fraction of sp³-hybridized carbons (Fsp3) is 0.600. The van der Waals surface area contributed by atoms with E-state index >= 15 is 0 Å². The fourth-order valence-electron chi connectivity index (χ4n) is 1.83. The Hall–Kier alpha value is -0.890. The maximum absolute atomic E-state index is 14.2. The van der Waals surface area contributed by atoms with Crippen molar-refractivity contribution in [3.05, 3.63) is 28.8 Å². The number of esters is 1. The Morgan fingerprint density at radius 1 is 1.43 bits per heavy atom. The summed E-state index contributed by atoms with van der Waals surface area (Å²) in [6.45, 7) is 8.72. The van der Waals surface area contributed by atoms with Crippen LogP contribution in [0.2, 0.25) is 5.15 Å². The number of carbonyl (C=O) groups excluding carboxylic acids is 1. The molecule has 0 aliphatic carbocycles. The Balaban J connectivity index is 3.24. The zero-order valence-corrected chi connectivity index (χ0v) is 15.5. The summed E-state index contributed by atoms with van der Waals surface area (Å²) in [5.41, 5.74) is -1.39. The van der Waals surface area contributed by atoms with Gasteiger partial charge in [-0.2, -0.15) is 0 Å². The molecule has 1 heterocycles. The van der Waals surface area contributed by atoms with Gasteiger partial charge in [-0.1, -0.05) is 11.6 Å². The number of carbonyl (C=O) groups is 1. The monoisotopic (exact) mass is 364 g/mol. The van der Waals surface area contributed by atoms with E-state index < -0.39 is 33.4 Å². The van der Waals surface area contributed by atoms with E-state index in [1.54, 1.807) is 34.6 Å². The topological polar surface area (TPSA) is 74.3 Å².